The number of hydrogen-bond acceptors (Lipinski definition) is 3. The minimum atomic E-state index is -0.221. The third-order valence-electron chi connectivity index (χ3n) is 4.69. The number of carbonyl (C=O) groups excluding carboxylic acids is 1. The van der Waals surface area contributed by atoms with E-state index >= 15 is 0 Å². The van der Waals surface area contributed by atoms with Gasteiger partial charge in [0.05, 0.1) is 17.8 Å². The minimum absolute atomic E-state index is 0.146. The molecule has 1 fully saturated rings. The Bertz CT molecular complexity index is 722. The lowest BCUT2D eigenvalue weighted by Crippen LogP contribution is -2.37. The summed E-state index contributed by atoms with van der Waals surface area (Å²) in [5.74, 6) is -0.395. The van der Waals surface area contributed by atoms with Crippen LogP contribution in [0.25, 0.3) is 0 Å². The van der Waals surface area contributed by atoms with Crippen molar-refractivity contribution in [2.75, 3.05) is 19.6 Å². The van der Waals surface area contributed by atoms with Gasteiger partial charge in [-0.1, -0.05) is 18.2 Å². The summed E-state index contributed by atoms with van der Waals surface area (Å²) in [6.07, 6.45) is 5.54. The fraction of sp³-hybridized carbons (Fsp3) is 0.474. The number of halogens is 1. The van der Waals surface area contributed by atoms with Crippen LogP contribution in [-0.2, 0) is 0 Å². The molecular formula is C19H25FN4O. The SMILES string of the molecule is CC(C)n1cc(C(=O)NC[C@H](c2ccccc2F)N2CCCC2)cn1. The Morgan fingerprint density at radius 3 is 2.64 bits per heavy atom. The normalized spacial score (nSPS) is 16.3. The van der Waals surface area contributed by atoms with E-state index in [1.165, 1.54) is 6.07 Å². The molecular weight excluding hydrogens is 319 g/mol. The highest BCUT2D eigenvalue weighted by Crippen LogP contribution is 2.26. The van der Waals surface area contributed by atoms with Crippen molar-refractivity contribution in [1.82, 2.24) is 20.0 Å². The van der Waals surface area contributed by atoms with Crippen LogP contribution in [-0.4, -0.2) is 40.2 Å². The Morgan fingerprint density at radius 2 is 2.00 bits per heavy atom. The second-order valence-corrected chi connectivity index (χ2v) is 6.79. The molecule has 1 saturated heterocycles. The number of rotatable bonds is 6. The van der Waals surface area contributed by atoms with Crippen LogP contribution in [0.3, 0.4) is 0 Å². The molecule has 1 aliphatic heterocycles. The lowest BCUT2D eigenvalue weighted by molar-refractivity contribution is 0.0937. The lowest BCUT2D eigenvalue weighted by atomic mass is 10.0. The van der Waals surface area contributed by atoms with Crippen molar-refractivity contribution in [3.05, 3.63) is 53.6 Å². The lowest BCUT2D eigenvalue weighted by Gasteiger charge is -2.28. The Hall–Kier alpha value is -2.21. The monoisotopic (exact) mass is 344 g/mol. The maximum atomic E-state index is 14.3. The molecule has 0 unspecified atom stereocenters. The van der Waals surface area contributed by atoms with Crippen LogP contribution in [0.5, 0.6) is 0 Å². The number of benzene rings is 1. The molecule has 1 aromatic heterocycles. The molecule has 1 atom stereocenters. The van der Waals surface area contributed by atoms with Crippen LogP contribution in [0, 0.1) is 5.82 Å². The van der Waals surface area contributed by atoms with Crippen molar-refractivity contribution in [1.29, 1.82) is 0 Å². The Kier molecular flexibility index (Phi) is 5.48. The molecule has 3 rings (SSSR count). The maximum absolute atomic E-state index is 14.3. The molecule has 1 aliphatic rings. The molecule has 0 saturated carbocycles. The van der Waals surface area contributed by atoms with Gasteiger partial charge in [-0.15, -0.1) is 0 Å². The largest absolute Gasteiger partial charge is 0.350 e. The number of carbonyl (C=O) groups is 1. The molecule has 134 valence electrons. The predicted octanol–water partition coefficient (Wildman–Crippen LogP) is 3.17. The first kappa shape index (κ1) is 17.6. The molecule has 0 aliphatic carbocycles. The van der Waals surface area contributed by atoms with Crippen molar-refractivity contribution >= 4 is 5.91 Å². The Balaban J connectivity index is 1.72. The first-order valence-corrected chi connectivity index (χ1v) is 8.87. The Labute approximate surface area is 147 Å². The van der Waals surface area contributed by atoms with Crippen LogP contribution >= 0.6 is 0 Å². The van der Waals surface area contributed by atoms with Gasteiger partial charge in [0.2, 0.25) is 0 Å². The second-order valence-electron chi connectivity index (χ2n) is 6.79. The summed E-state index contributed by atoms with van der Waals surface area (Å²) in [6, 6.07) is 6.88. The van der Waals surface area contributed by atoms with Gasteiger partial charge < -0.3 is 5.32 Å². The van der Waals surface area contributed by atoms with Gasteiger partial charge in [-0.05, 0) is 45.8 Å². The van der Waals surface area contributed by atoms with Crippen LogP contribution < -0.4 is 5.32 Å². The summed E-state index contributed by atoms with van der Waals surface area (Å²) in [6.45, 7) is 6.26. The van der Waals surface area contributed by atoms with Crippen molar-refractivity contribution in [2.24, 2.45) is 0 Å². The van der Waals surface area contributed by atoms with Gasteiger partial charge in [-0.3, -0.25) is 14.4 Å². The third kappa shape index (κ3) is 4.07. The zero-order valence-corrected chi connectivity index (χ0v) is 14.8. The van der Waals surface area contributed by atoms with E-state index in [1.54, 1.807) is 29.2 Å². The minimum Gasteiger partial charge on any atom is -0.350 e. The Morgan fingerprint density at radius 1 is 1.28 bits per heavy atom. The molecule has 1 amide bonds. The zero-order valence-electron chi connectivity index (χ0n) is 14.8. The van der Waals surface area contributed by atoms with E-state index in [0.29, 0.717) is 17.7 Å². The van der Waals surface area contributed by atoms with Crippen LogP contribution in [0.1, 0.15) is 54.7 Å². The summed E-state index contributed by atoms with van der Waals surface area (Å²) in [7, 11) is 0. The molecule has 6 heteroatoms. The zero-order chi connectivity index (χ0) is 17.8. The second kappa shape index (κ2) is 7.78. The number of nitrogens with zero attached hydrogens (tertiary/aromatic N) is 3. The van der Waals surface area contributed by atoms with Gasteiger partial charge >= 0.3 is 0 Å². The van der Waals surface area contributed by atoms with Gasteiger partial charge in [-0.25, -0.2) is 4.39 Å². The van der Waals surface area contributed by atoms with Crippen LogP contribution in [0.2, 0.25) is 0 Å². The van der Waals surface area contributed by atoms with E-state index in [9.17, 15) is 9.18 Å². The summed E-state index contributed by atoms with van der Waals surface area (Å²) >= 11 is 0. The van der Waals surface area contributed by atoms with E-state index in [0.717, 1.165) is 25.9 Å². The molecule has 1 N–H and O–H groups in total. The molecule has 0 spiro atoms. The number of hydrogen-bond donors (Lipinski definition) is 1. The summed E-state index contributed by atoms with van der Waals surface area (Å²) in [5.41, 5.74) is 1.17. The standard InChI is InChI=1S/C19H25FN4O/c1-14(2)24-13-15(11-22-24)19(25)21-12-18(23-9-5-6-10-23)16-7-3-4-8-17(16)20/h3-4,7-8,11,13-14,18H,5-6,9-10,12H2,1-2H3,(H,21,25)/t18-/m1/s1. The first-order chi connectivity index (χ1) is 12.1. The highest BCUT2D eigenvalue weighted by Gasteiger charge is 2.26. The van der Waals surface area contributed by atoms with Crippen molar-refractivity contribution < 1.29 is 9.18 Å². The average molecular weight is 344 g/mol. The number of amides is 1. The fourth-order valence-electron chi connectivity index (χ4n) is 3.26. The fourth-order valence-corrected chi connectivity index (χ4v) is 3.26. The molecule has 2 aromatic rings. The summed E-state index contributed by atoms with van der Waals surface area (Å²) in [5, 5.41) is 7.15. The smallest absolute Gasteiger partial charge is 0.254 e. The molecule has 0 bridgehead atoms. The third-order valence-corrected chi connectivity index (χ3v) is 4.69. The van der Waals surface area contributed by atoms with Gasteiger partial charge in [0.1, 0.15) is 5.82 Å². The number of aromatic nitrogens is 2. The molecule has 0 radical (unpaired) electrons. The average Bonchev–Trinajstić information content (AvgIpc) is 3.28. The quantitative estimate of drug-likeness (QED) is 0.876. The highest BCUT2D eigenvalue weighted by molar-refractivity contribution is 5.93. The van der Waals surface area contributed by atoms with E-state index < -0.39 is 0 Å². The van der Waals surface area contributed by atoms with Crippen molar-refractivity contribution in [3.8, 4) is 0 Å². The number of nitrogens with one attached hydrogen (secondary N) is 1. The van der Waals surface area contributed by atoms with Gasteiger partial charge in [0.25, 0.3) is 5.91 Å². The first-order valence-electron chi connectivity index (χ1n) is 8.87. The van der Waals surface area contributed by atoms with Crippen LogP contribution in [0.4, 0.5) is 4.39 Å². The van der Waals surface area contributed by atoms with Crippen molar-refractivity contribution in [2.45, 2.75) is 38.8 Å². The van der Waals surface area contributed by atoms with Gasteiger partial charge in [-0.2, -0.15) is 5.10 Å². The molecule has 25 heavy (non-hydrogen) atoms. The summed E-state index contributed by atoms with van der Waals surface area (Å²) < 4.78 is 16.0. The van der Waals surface area contributed by atoms with Gasteiger partial charge in [0.15, 0.2) is 0 Å². The molecule has 1 aromatic carbocycles. The van der Waals surface area contributed by atoms with E-state index in [2.05, 4.69) is 15.3 Å². The van der Waals surface area contributed by atoms with Gasteiger partial charge in [0, 0.05) is 24.3 Å². The van der Waals surface area contributed by atoms with E-state index in [-0.39, 0.29) is 23.8 Å². The highest BCUT2D eigenvalue weighted by atomic mass is 19.1. The van der Waals surface area contributed by atoms with Crippen molar-refractivity contribution in [3.63, 3.8) is 0 Å². The van der Waals surface area contributed by atoms with E-state index in [4.69, 9.17) is 0 Å². The predicted molar refractivity (Wildman–Crippen MR) is 94.9 cm³/mol. The number of likely N-dealkylation sites (tertiary alicyclic amines) is 1. The molecule has 5 nitrogen and oxygen atoms in total. The van der Waals surface area contributed by atoms with E-state index in [1.807, 2.05) is 19.9 Å². The topological polar surface area (TPSA) is 50.2 Å². The maximum Gasteiger partial charge on any atom is 0.254 e. The summed E-state index contributed by atoms with van der Waals surface area (Å²) in [4.78, 5) is 14.7. The van der Waals surface area contributed by atoms with Crippen LogP contribution in [0.15, 0.2) is 36.7 Å². The molecule has 2 heterocycles.